The number of rotatable bonds is 4. The summed E-state index contributed by atoms with van der Waals surface area (Å²) in [5.74, 6) is 0.0625. The number of amides is 1. The second-order valence-electron chi connectivity index (χ2n) is 7.00. The molecule has 2 aromatic heterocycles. The van der Waals surface area contributed by atoms with Crippen molar-refractivity contribution >= 4 is 16.8 Å². The lowest BCUT2D eigenvalue weighted by Crippen LogP contribution is -2.44. The van der Waals surface area contributed by atoms with E-state index in [1.165, 1.54) is 6.42 Å². The summed E-state index contributed by atoms with van der Waals surface area (Å²) in [6, 6.07) is 14.2. The van der Waals surface area contributed by atoms with E-state index in [9.17, 15) is 4.79 Å². The lowest BCUT2D eigenvalue weighted by molar-refractivity contribution is 0.0596. The van der Waals surface area contributed by atoms with Gasteiger partial charge in [-0.2, -0.15) is 5.10 Å². The molecule has 1 aliphatic rings. The molecule has 1 amide bonds. The monoisotopic (exact) mass is 348 g/mol. The van der Waals surface area contributed by atoms with Crippen molar-refractivity contribution in [3.05, 3.63) is 60.0 Å². The number of carbonyl (C=O) groups excluding carboxylic acids is 1. The minimum absolute atomic E-state index is 0.0625. The van der Waals surface area contributed by atoms with E-state index in [1.54, 1.807) is 4.68 Å². The lowest BCUT2D eigenvalue weighted by atomic mass is 9.96. The number of aromatic nitrogens is 3. The molecule has 1 saturated heterocycles. The maximum Gasteiger partial charge on any atom is 0.275 e. The number of aryl methyl sites for hydroxylation is 2. The molecule has 5 heteroatoms. The summed E-state index contributed by atoms with van der Waals surface area (Å²) in [4.78, 5) is 19.7. The Bertz CT molecular complexity index is 903. The Morgan fingerprint density at radius 2 is 2.00 bits per heavy atom. The fraction of sp³-hybridized carbons (Fsp3) is 0.381. The quantitative estimate of drug-likeness (QED) is 0.724. The average molecular weight is 348 g/mol. The van der Waals surface area contributed by atoms with Crippen molar-refractivity contribution in [1.29, 1.82) is 0 Å². The Balaban J connectivity index is 1.56. The number of hydrogen-bond acceptors (Lipinski definition) is 3. The summed E-state index contributed by atoms with van der Waals surface area (Å²) < 4.78 is 1.80. The summed E-state index contributed by atoms with van der Waals surface area (Å²) in [6.45, 7) is 0.816. The van der Waals surface area contributed by atoms with Gasteiger partial charge in [-0.05, 0) is 50.3 Å². The molecule has 26 heavy (non-hydrogen) atoms. The number of likely N-dealkylation sites (tertiary alicyclic amines) is 1. The van der Waals surface area contributed by atoms with Crippen molar-refractivity contribution in [3.63, 3.8) is 0 Å². The van der Waals surface area contributed by atoms with Crippen LogP contribution >= 0.6 is 0 Å². The third-order valence-corrected chi connectivity index (χ3v) is 5.31. The molecular formula is C21H24N4O. The van der Waals surface area contributed by atoms with Gasteiger partial charge in [-0.15, -0.1) is 0 Å². The molecule has 1 fully saturated rings. The molecule has 0 N–H and O–H groups in total. The molecule has 0 bridgehead atoms. The molecule has 0 unspecified atom stereocenters. The number of fused-ring (bicyclic) bond motifs is 1. The molecule has 134 valence electrons. The first kappa shape index (κ1) is 16.8. The molecular weight excluding hydrogens is 324 g/mol. The molecule has 3 heterocycles. The van der Waals surface area contributed by atoms with Gasteiger partial charge in [0, 0.05) is 36.9 Å². The number of piperidine rings is 1. The molecule has 5 nitrogen and oxygen atoms in total. The first-order chi connectivity index (χ1) is 12.7. The third-order valence-electron chi connectivity index (χ3n) is 5.31. The van der Waals surface area contributed by atoms with Gasteiger partial charge in [-0.3, -0.25) is 14.5 Å². The van der Waals surface area contributed by atoms with E-state index in [-0.39, 0.29) is 11.9 Å². The molecule has 0 saturated carbocycles. The van der Waals surface area contributed by atoms with Crippen LogP contribution in [0.15, 0.2) is 48.7 Å². The second-order valence-corrected chi connectivity index (χ2v) is 7.00. The first-order valence-electron chi connectivity index (χ1n) is 9.36. The average Bonchev–Trinajstić information content (AvgIpc) is 3.04. The number of pyridine rings is 1. The van der Waals surface area contributed by atoms with Gasteiger partial charge in [0.2, 0.25) is 0 Å². The zero-order valence-corrected chi connectivity index (χ0v) is 15.1. The van der Waals surface area contributed by atoms with Gasteiger partial charge in [0.1, 0.15) is 0 Å². The van der Waals surface area contributed by atoms with Gasteiger partial charge >= 0.3 is 0 Å². The Labute approximate surface area is 153 Å². The number of benzene rings is 1. The third kappa shape index (κ3) is 3.21. The molecule has 1 atom stereocenters. The van der Waals surface area contributed by atoms with Gasteiger partial charge in [-0.25, -0.2) is 0 Å². The fourth-order valence-electron chi connectivity index (χ4n) is 3.94. The highest BCUT2D eigenvalue weighted by Gasteiger charge is 2.30. The molecule has 3 aromatic rings. The normalized spacial score (nSPS) is 17.6. The minimum atomic E-state index is 0.0625. The van der Waals surface area contributed by atoms with E-state index in [0.29, 0.717) is 5.69 Å². The Kier molecular flexibility index (Phi) is 4.69. The summed E-state index contributed by atoms with van der Waals surface area (Å²) in [6.07, 6.45) is 6.99. The molecule has 0 radical (unpaired) electrons. The van der Waals surface area contributed by atoms with Gasteiger partial charge in [0.05, 0.1) is 5.52 Å². The van der Waals surface area contributed by atoms with Crippen LogP contribution < -0.4 is 0 Å². The number of hydrogen-bond donors (Lipinski definition) is 0. The molecule has 1 aliphatic heterocycles. The van der Waals surface area contributed by atoms with E-state index in [2.05, 4.69) is 16.1 Å². The van der Waals surface area contributed by atoms with Crippen LogP contribution in [0.4, 0.5) is 0 Å². The smallest absolute Gasteiger partial charge is 0.275 e. The topological polar surface area (TPSA) is 51.0 Å². The largest absolute Gasteiger partial charge is 0.334 e. The Hall–Kier alpha value is -2.69. The number of para-hydroxylation sites is 1. The van der Waals surface area contributed by atoms with Gasteiger partial charge in [0.15, 0.2) is 5.69 Å². The van der Waals surface area contributed by atoms with Crippen molar-refractivity contribution in [2.24, 2.45) is 7.05 Å². The molecule has 0 aliphatic carbocycles. The van der Waals surface area contributed by atoms with E-state index in [0.717, 1.165) is 48.8 Å². The van der Waals surface area contributed by atoms with Crippen molar-refractivity contribution in [1.82, 2.24) is 19.7 Å². The van der Waals surface area contributed by atoms with Crippen LogP contribution in [0.3, 0.4) is 0 Å². The second kappa shape index (κ2) is 7.28. The van der Waals surface area contributed by atoms with Gasteiger partial charge in [0.25, 0.3) is 5.91 Å². The summed E-state index contributed by atoms with van der Waals surface area (Å²) >= 11 is 0. The zero-order valence-electron chi connectivity index (χ0n) is 15.1. The first-order valence-corrected chi connectivity index (χ1v) is 9.36. The van der Waals surface area contributed by atoms with Crippen LogP contribution in [0.25, 0.3) is 10.9 Å². The number of nitrogens with zero attached hydrogens (tertiary/aromatic N) is 4. The fourth-order valence-corrected chi connectivity index (χ4v) is 3.94. The van der Waals surface area contributed by atoms with Crippen molar-refractivity contribution < 1.29 is 4.79 Å². The SMILES string of the molecule is Cn1nc(C(=O)N2CCCC[C@@H]2CCc2ccccn2)c2ccccc21. The van der Waals surface area contributed by atoms with E-state index < -0.39 is 0 Å². The maximum atomic E-state index is 13.3. The van der Waals surface area contributed by atoms with E-state index in [1.807, 2.05) is 54.5 Å². The van der Waals surface area contributed by atoms with Crippen LogP contribution in [-0.2, 0) is 13.5 Å². The summed E-state index contributed by atoms with van der Waals surface area (Å²) in [5, 5.41) is 5.47. The lowest BCUT2D eigenvalue weighted by Gasteiger charge is -2.35. The summed E-state index contributed by atoms with van der Waals surface area (Å²) in [5.41, 5.74) is 2.67. The summed E-state index contributed by atoms with van der Waals surface area (Å²) in [7, 11) is 1.90. The predicted octanol–water partition coefficient (Wildman–Crippen LogP) is 3.60. The van der Waals surface area contributed by atoms with Crippen LogP contribution in [0.1, 0.15) is 41.9 Å². The molecule has 1 aromatic carbocycles. The zero-order chi connectivity index (χ0) is 17.9. The maximum absolute atomic E-state index is 13.3. The predicted molar refractivity (Wildman–Crippen MR) is 102 cm³/mol. The van der Waals surface area contributed by atoms with E-state index in [4.69, 9.17) is 0 Å². The van der Waals surface area contributed by atoms with Crippen LogP contribution in [0.2, 0.25) is 0 Å². The minimum Gasteiger partial charge on any atom is -0.334 e. The number of carbonyl (C=O) groups is 1. The van der Waals surface area contributed by atoms with Gasteiger partial charge < -0.3 is 4.90 Å². The molecule has 0 spiro atoms. The Morgan fingerprint density at radius 1 is 1.15 bits per heavy atom. The highest BCUT2D eigenvalue weighted by Crippen LogP contribution is 2.25. The molecule has 4 rings (SSSR count). The highest BCUT2D eigenvalue weighted by atomic mass is 16.2. The standard InChI is InChI=1S/C21H24N4O/c1-24-19-11-3-2-10-18(19)20(23-24)21(26)25-15-7-5-9-17(25)13-12-16-8-4-6-14-22-16/h2-4,6,8,10-11,14,17H,5,7,9,12-13,15H2,1H3/t17-/m1/s1. The van der Waals surface area contributed by atoms with Gasteiger partial charge in [-0.1, -0.05) is 24.3 Å². The van der Waals surface area contributed by atoms with Crippen LogP contribution in [0.5, 0.6) is 0 Å². The Morgan fingerprint density at radius 3 is 2.85 bits per heavy atom. The van der Waals surface area contributed by atoms with Crippen LogP contribution in [-0.4, -0.2) is 38.2 Å². The van der Waals surface area contributed by atoms with E-state index >= 15 is 0 Å². The highest BCUT2D eigenvalue weighted by molar-refractivity contribution is 6.05. The van der Waals surface area contributed by atoms with Crippen LogP contribution in [0, 0.1) is 0 Å². The van der Waals surface area contributed by atoms with Crippen molar-refractivity contribution in [2.75, 3.05) is 6.54 Å². The van der Waals surface area contributed by atoms with Crippen molar-refractivity contribution in [2.45, 2.75) is 38.1 Å². The van der Waals surface area contributed by atoms with Crippen molar-refractivity contribution in [3.8, 4) is 0 Å².